The highest BCUT2D eigenvalue weighted by atomic mass is 16.6. The Kier molecular flexibility index (Phi) is 5.43. The normalized spacial score (nSPS) is 15.3. The smallest absolute Gasteiger partial charge is 0.277 e. The number of aromatic nitrogens is 2. The van der Waals surface area contributed by atoms with Crippen LogP contribution in [0.25, 0.3) is 22.6 Å². The van der Waals surface area contributed by atoms with Crippen LogP contribution in [0, 0.1) is 20.2 Å². The van der Waals surface area contributed by atoms with Crippen LogP contribution >= 0.6 is 0 Å². The van der Waals surface area contributed by atoms with Gasteiger partial charge in [-0.15, -0.1) is 0 Å². The first-order valence-corrected chi connectivity index (χ1v) is 10.8. The van der Waals surface area contributed by atoms with Gasteiger partial charge in [-0.05, 0) is 24.8 Å². The van der Waals surface area contributed by atoms with Gasteiger partial charge in [-0.1, -0.05) is 24.3 Å². The molecule has 1 saturated heterocycles. The monoisotopic (exact) mass is 447 g/mol. The highest BCUT2D eigenvalue weighted by Gasteiger charge is 2.26. The SMILES string of the molecule is O=[N+]([O-])c1cc(-c2nc3c(c(N4CCOCC4)n2)CCCc2ccccc2-3)cc([N+](=O)[O-])c1. The number of morpholine rings is 1. The molecule has 1 fully saturated rings. The average Bonchev–Trinajstić information content (AvgIpc) is 3.03. The molecule has 0 atom stereocenters. The second-order valence-corrected chi connectivity index (χ2v) is 8.06. The maximum atomic E-state index is 11.4. The van der Waals surface area contributed by atoms with Crippen molar-refractivity contribution in [2.75, 3.05) is 31.2 Å². The zero-order valence-electron chi connectivity index (χ0n) is 17.8. The summed E-state index contributed by atoms with van der Waals surface area (Å²) < 4.78 is 5.51. The van der Waals surface area contributed by atoms with Crippen molar-refractivity contribution >= 4 is 17.2 Å². The molecule has 0 saturated carbocycles. The zero-order valence-corrected chi connectivity index (χ0v) is 17.8. The van der Waals surface area contributed by atoms with E-state index in [2.05, 4.69) is 11.0 Å². The molecule has 168 valence electrons. The summed E-state index contributed by atoms with van der Waals surface area (Å²) in [6.45, 7) is 2.49. The molecule has 0 N–H and O–H groups in total. The van der Waals surface area contributed by atoms with Crippen molar-refractivity contribution in [3.05, 3.63) is 73.8 Å². The number of nitro groups is 2. The Morgan fingerprint density at radius 3 is 2.30 bits per heavy atom. The Hall–Kier alpha value is -3.92. The molecule has 1 aromatic heterocycles. The van der Waals surface area contributed by atoms with Gasteiger partial charge in [0.25, 0.3) is 11.4 Å². The quantitative estimate of drug-likeness (QED) is 0.435. The van der Waals surface area contributed by atoms with Gasteiger partial charge in [-0.2, -0.15) is 0 Å². The highest BCUT2D eigenvalue weighted by Crippen LogP contribution is 2.38. The van der Waals surface area contributed by atoms with Crippen LogP contribution in [-0.2, 0) is 17.6 Å². The predicted octanol–water partition coefficient (Wildman–Crippen LogP) is 3.95. The van der Waals surface area contributed by atoms with Crippen molar-refractivity contribution in [1.29, 1.82) is 0 Å². The molecule has 1 aliphatic carbocycles. The first-order chi connectivity index (χ1) is 16.0. The Bertz CT molecular complexity index is 1220. The van der Waals surface area contributed by atoms with Gasteiger partial charge < -0.3 is 9.64 Å². The molecular formula is C23H21N5O5. The van der Waals surface area contributed by atoms with Crippen molar-refractivity contribution in [2.24, 2.45) is 0 Å². The van der Waals surface area contributed by atoms with Crippen LogP contribution in [0.5, 0.6) is 0 Å². The molecule has 2 heterocycles. The fraction of sp³-hybridized carbons (Fsp3) is 0.304. The molecule has 1 aliphatic heterocycles. The molecule has 2 aromatic carbocycles. The minimum atomic E-state index is -0.641. The summed E-state index contributed by atoms with van der Waals surface area (Å²) in [7, 11) is 0. The number of hydrogen-bond acceptors (Lipinski definition) is 8. The summed E-state index contributed by atoms with van der Waals surface area (Å²) in [6.07, 6.45) is 2.66. The number of hydrogen-bond donors (Lipinski definition) is 0. The molecule has 5 rings (SSSR count). The van der Waals surface area contributed by atoms with E-state index in [1.807, 2.05) is 18.2 Å². The fourth-order valence-electron chi connectivity index (χ4n) is 4.45. The van der Waals surface area contributed by atoms with Crippen molar-refractivity contribution in [1.82, 2.24) is 9.97 Å². The van der Waals surface area contributed by atoms with Gasteiger partial charge in [0.05, 0.1) is 34.8 Å². The molecule has 0 spiro atoms. The van der Waals surface area contributed by atoms with E-state index in [0.717, 1.165) is 48.0 Å². The van der Waals surface area contributed by atoms with Gasteiger partial charge in [0.15, 0.2) is 5.82 Å². The third-order valence-electron chi connectivity index (χ3n) is 6.02. The molecule has 33 heavy (non-hydrogen) atoms. The van der Waals surface area contributed by atoms with Gasteiger partial charge in [0.1, 0.15) is 5.82 Å². The summed E-state index contributed by atoms with van der Waals surface area (Å²) in [5.41, 5.74) is 3.50. The van der Waals surface area contributed by atoms with Crippen LogP contribution in [0.15, 0.2) is 42.5 Å². The lowest BCUT2D eigenvalue weighted by molar-refractivity contribution is -0.394. The molecule has 0 amide bonds. The standard InChI is InChI=1S/C23H21N5O5/c29-27(30)17-12-16(13-18(14-17)28(31)32)22-24-21-19-6-2-1-4-15(19)5-3-7-20(21)23(25-22)26-8-10-33-11-9-26/h1-2,4,6,12-14H,3,5,7-11H2. The number of fused-ring (bicyclic) bond motifs is 3. The van der Waals surface area contributed by atoms with Gasteiger partial charge in [-0.25, -0.2) is 9.97 Å². The Balaban J connectivity index is 1.76. The lowest BCUT2D eigenvalue weighted by Gasteiger charge is -2.30. The average molecular weight is 447 g/mol. The number of non-ortho nitro benzene ring substituents is 2. The van der Waals surface area contributed by atoms with Gasteiger partial charge >= 0.3 is 0 Å². The van der Waals surface area contributed by atoms with Crippen LogP contribution in [0.3, 0.4) is 0 Å². The molecule has 0 radical (unpaired) electrons. The summed E-state index contributed by atoms with van der Waals surface area (Å²) >= 11 is 0. The minimum Gasteiger partial charge on any atom is -0.378 e. The van der Waals surface area contributed by atoms with Crippen LogP contribution in [0.4, 0.5) is 17.2 Å². The van der Waals surface area contributed by atoms with Crippen molar-refractivity contribution in [3.8, 4) is 22.6 Å². The van der Waals surface area contributed by atoms with E-state index < -0.39 is 9.85 Å². The number of ether oxygens (including phenoxy) is 1. The largest absolute Gasteiger partial charge is 0.378 e. The first-order valence-electron chi connectivity index (χ1n) is 10.8. The van der Waals surface area contributed by atoms with Gasteiger partial charge in [0.2, 0.25) is 0 Å². The summed E-state index contributed by atoms with van der Waals surface area (Å²) in [5.74, 6) is 1.00. The van der Waals surface area contributed by atoms with Crippen LogP contribution in [0.2, 0.25) is 0 Å². The van der Waals surface area contributed by atoms with Crippen molar-refractivity contribution in [2.45, 2.75) is 19.3 Å². The second kappa shape index (κ2) is 8.55. The van der Waals surface area contributed by atoms with E-state index >= 15 is 0 Å². The lowest BCUT2D eigenvalue weighted by atomic mass is 10.0. The van der Waals surface area contributed by atoms with E-state index in [-0.39, 0.29) is 22.8 Å². The van der Waals surface area contributed by atoms with Crippen LogP contribution < -0.4 is 4.90 Å². The number of aryl methyl sites for hydroxylation is 1. The van der Waals surface area contributed by atoms with Crippen molar-refractivity contribution < 1.29 is 14.6 Å². The maximum Gasteiger partial charge on any atom is 0.277 e. The number of rotatable bonds is 4. The Morgan fingerprint density at radius 1 is 0.909 bits per heavy atom. The second-order valence-electron chi connectivity index (χ2n) is 8.06. The van der Waals surface area contributed by atoms with E-state index in [1.54, 1.807) is 0 Å². The Labute approximate surface area is 189 Å². The number of nitrogens with zero attached hydrogens (tertiary/aromatic N) is 5. The zero-order chi connectivity index (χ0) is 22.9. The molecule has 10 nitrogen and oxygen atoms in total. The maximum absolute atomic E-state index is 11.4. The third kappa shape index (κ3) is 4.00. The summed E-state index contributed by atoms with van der Waals surface area (Å²) in [6, 6.07) is 11.6. The molecule has 3 aromatic rings. The lowest BCUT2D eigenvalue weighted by Crippen LogP contribution is -2.37. The third-order valence-corrected chi connectivity index (χ3v) is 6.02. The molecule has 0 unspecified atom stereocenters. The van der Waals surface area contributed by atoms with E-state index in [0.29, 0.717) is 26.3 Å². The number of nitro benzene ring substituents is 2. The fourth-order valence-corrected chi connectivity index (χ4v) is 4.45. The van der Waals surface area contributed by atoms with E-state index in [1.165, 1.54) is 17.7 Å². The topological polar surface area (TPSA) is 125 Å². The summed E-state index contributed by atoms with van der Waals surface area (Å²) in [4.78, 5) is 33.4. The molecule has 0 bridgehead atoms. The van der Waals surface area contributed by atoms with Gasteiger partial charge in [0, 0.05) is 41.9 Å². The summed E-state index contributed by atoms with van der Waals surface area (Å²) in [5, 5.41) is 22.9. The van der Waals surface area contributed by atoms with Crippen LogP contribution in [0.1, 0.15) is 17.5 Å². The first kappa shape index (κ1) is 21.0. The predicted molar refractivity (Wildman–Crippen MR) is 121 cm³/mol. The minimum absolute atomic E-state index is 0.235. The number of benzene rings is 2. The van der Waals surface area contributed by atoms with Crippen LogP contribution in [-0.4, -0.2) is 46.1 Å². The van der Waals surface area contributed by atoms with E-state index in [9.17, 15) is 20.2 Å². The van der Waals surface area contributed by atoms with E-state index in [4.69, 9.17) is 14.7 Å². The highest BCUT2D eigenvalue weighted by molar-refractivity contribution is 5.76. The van der Waals surface area contributed by atoms with Gasteiger partial charge in [-0.3, -0.25) is 20.2 Å². The van der Waals surface area contributed by atoms with Crippen molar-refractivity contribution in [3.63, 3.8) is 0 Å². The molecular weight excluding hydrogens is 426 g/mol. The number of anilines is 1. The molecule has 2 aliphatic rings. The Morgan fingerprint density at radius 2 is 1.61 bits per heavy atom. The molecule has 10 heteroatoms.